The molecule has 1 N–H and O–H groups in total. The summed E-state index contributed by atoms with van der Waals surface area (Å²) in [6.45, 7) is 7.62. The fourth-order valence-corrected chi connectivity index (χ4v) is 6.32. The number of likely N-dealkylation sites (N-methyl/N-ethyl adjacent to an activating group) is 2. The molecule has 3 aromatic rings. The summed E-state index contributed by atoms with van der Waals surface area (Å²) in [5, 5.41) is 0. The maximum Gasteiger partial charge on any atom is 0.310 e. The van der Waals surface area contributed by atoms with Crippen molar-refractivity contribution in [3.8, 4) is 0 Å². The molecule has 2 aliphatic rings. The van der Waals surface area contributed by atoms with Crippen LogP contribution in [0.1, 0.15) is 54.2 Å². The van der Waals surface area contributed by atoms with Gasteiger partial charge >= 0.3 is 5.97 Å². The van der Waals surface area contributed by atoms with Gasteiger partial charge in [0.15, 0.2) is 0 Å². The number of Topliss-reactive ketones (excluding diaryl/α,β-unsaturated/α-hetero) is 1. The van der Waals surface area contributed by atoms with Gasteiger partial charge in [0.2, 0.25) is 0 Å². The lowest BCUT2D eigenvalue weighted by Crippen LogP contribution is -2.24. The number of carbonyl (C=O) groups is 2. The summed E-state index contributed by atoms with van der Waals surface area (Å²) in [4.78, 5) is 35.5. The van der Waals surface area contributed by atoms with E-state index in [1.165, 1.54) is 11.1 Å². The fourth-order valence-electron chi connectivity index (χ4n) is 5.79. The monoisotopic (exact) mass is 672 g/mol. The highest BCUT2D eigenvalue weighted by molar-refractivity contribution is 9.10. The van der Waals surface area contributed by atoms with Gasteiger partial charge in [0.1, 0.15) is 11.6 Å². The maximum atomic E-state index is 12.0. The summed E-state index contributed by atoms with van der Waals surface area (Å²) in [6.07, 6.45) is 2.28. The van der Waals surface area contributed by atoms with E-state index < -0.39 is 0 Å². The Bertz CT molecular complexity index is 1280. The number of carbonyl (C=O) groups excluding carboxylic acids is 2. The molecule has 0 amide bonds. The van der Waals surface area contributed by atoms with Crippen molar-refractivity contribution in [1.29, 1.82) is 0 Å². The van der Waals surface area contributed by atoms with Crippen LogP contribution in [0.3, 0.4) is 0 Å². The minimum atomic E-state index is -0.0743. The number of imidazole rings is 1. The normalized spacial score (nSPS) is 23.1. The molecule has 2 saturated heterocycles. The van der Waals surface area contributed by atoms with E-state index in [2.05, 4.69) is 95.1 Å². The minimum absolute atomic E-state index is 0.0453. The lowest BCUT2D eigenvalue weighted by Gasteiger charge is -2.17. The lowest BCUT2D eigenvalue weighted by molar-refractivity contribution is -0.148. The average molecular weight is 674 g/mol. The first-order chi connectivity index (χ1) is 19.1. The van der Waals surface area contributed by atoms with Gasteiger partial charge in [-0.3, -0.25) is 9.59 Å². The molecule has 40 heavy (non-hydrogen) atoms. The zero-order valence-electron chi connectivity index (χ0n) is 23.6. The number of hydrogen-bond acceptors (Lipinski definition) is 6. The summed E-state index contributed by atoms with van der Waals surface area (Å²) in [5.41, 5.74) is 3.69. The van der Waals surface area contributed by atoms with Crippen molar-refractivity contribution < 1.29 is 14.3 Å². The van der Waals surface area contributed by atoms with Crippen molar-refractivity contribution in [2.45, 2.75) is 38.0 Å². The van der Waals surface area contributed by atoms with Crippen LogP contribution in [0.15, 0.2) is 63.7 Å². The number of hydrogen-bond donors (Lipinski definition) is 1. The molecular weight excluding hydrogens is 636 g/mol. The summed E-state index contributed by atoms with van der Waals surface area (Å²) < 4.78 is 7.34. The molecule has 0 saturated carbocycles. The third-order valence-electron chi connectivity index (χ3n) is 7.65. The molecule has 5 rings (SSSR count). The molecule has 0 unspecified atom stereocenters. The number of nitrogens with zero attached hydrogens (tertiary/aromatic N) is 3. The van der Waals surface area contributed by atoms with E-state index in [1.807, 2.05) is 32.3 Å². The number of H-pyrrole nitrogens is 1. The first kappa shape index (κ1) is 30.6. The summed E-state index contributed by atoms with van der Waals surface area (Å²) in [7, 11) is 4.20. The van der Waals surface area contributed by atoms with Crippen LogP contribution < -0.4 is 0 Å². The van der Waals surface area contributed by atoms with Gasteiger partial charge in [-0.2, -0.15) is 0 Å². The zero-order chi connectivity index (χ0) is 28.8. The van der Waals surface area contributed by atoms with Gasteiger partial charge in [-0.15, -0.1) is 0 Å². The third-order valence-corrected chi connectivity index (χ3v) is 8.71. The Morgan fingerprint density at radius 1 is 0.875 bits per heavy atom. The lowest BCUT2D eigenvalue weighted by atomic mass is 9.87. The van der Waals surface area contributed by atoms with Crippen LogP contribution in [-0.2, 0) is 20.7 Å². The van der Waals surface area contributed by atoms with E-state index in [9.17, 15) is 9.59 Å². The van der Waals surface area contributed by atoms with Crippen LogP contribution in [0, 0.1) is 5.92 Å². The van der Waals surface area contributed by atoms with Crippen LogP contribution in [0.25, 0.3) is 0 Å². The second-order valence-corrected chi connectivity index (χ2v) is 12.7. The number of aromatic amines is 1. The largest absolute Gasteiger partial charge is 0.466 e. The highest BCUT2D eigenvalue weighted by Gasteiger charge is 2.38. The van der Waals surface area contributed by atoms with Gasteiger partial charge in [-0.25, -0.2) is 4.98 Å². The van der Waals surface area contributed by atoms with Crippen molar-refractivity contribution in [1.82, 2.24) is 19.8 Å². The zero-order valence-corrected chi connectivity index (χ0v) is 26.7. The standard InChI is InChI=1S/C17H20BrN3O.C14H18BrNO2/c1-11(22)7-17-19-8-16(20-17)15-10-21(2)9-14(15)12-3-5-13(18)6-4-12;1-3-18-14(17)13-9-16(2)8-12(13)10-4-6-11(15)7-5-10/h3-6,8,14-15H,7,9-10H2,1-2H3,(H,19,20);4-7,12-13H,3,8-9H2,1-2H3/t14-,15+;12-,13+/m11/s1. The average Bonchev–Trinajstić information content (AvgIpc) is 3.63. The number of likely N-dealkylation sites (tertiary alicyclic amines) is 2. The fraction of sp³-hybridized carbons (Fsp3) is 0.452. The number of ketones is 1. The Hall–Kier alpha value is -2.33. The number of benzene rings is 2. The minimum Gasteiger partial charge on any atom is -0.466 e. The van der Waals surface area contributed by atoms with E-state index >= 15 is 0 Å². The quantitative estimate of drug-likeness (QED) is 0.321. The van der Waals surface area contributed by atoms with Crippen molar-refractivity contribution in [2.75, 3.05) is 46.9 Å². The van der Waals surface area contributed by atoms with E-state index in [0.29, 0.717) is 24.9 Å². The number of nitrogens with one attached hydrogen (secondary N) is 1. The van der Waals surface area contributed by atoms with E-state index in [4.69, 9.17) is 4.74 Å². The number of ether oxygens (including phenoxy) is 1. The molecule has 0 spiro atoms. The van der Waals surface area contributed by atoms with Gasteiger partial charge in [0, 0.05) is 64.8 Å². The predicted octanol–water partition coefficient (Wildman–Crippen LogP) is 5.77. The Kier molecular flexibility index (Phi) is 10.7. The first-order valence-electron chi connectivity index (χ1n) is 13.7. The molecule has 2 fully saturated rings. The van der Waals surface area contributed by atoms with Gasteiger partial charge in [0.25, 0.3) is 0 Å². The maximum absolute atomic E-state index is 12.0. The highest BCUT2D eigenvalue weighted by Crippen LogP contribution is 2.38. The molecule has 0 aliphatic carbocycles. The van der Waals surface area contributed by atoms with E-state index in [0.717, 1.165) is 46.6 Å². The molecule has 2 aliphatic heterocycles. The highest BCUT2D eigenvalue weighted by atomic mass is 79.9. The molecular formula is C31H38Br2N4O3. The summed E-state index contributed by atoms with van der Waals surface area (Å²) in [6, 6.07) is 16.8. The number of halogens is 2. The van der Waals surface area contributed by atoms with Crippen LogP contribution in [-0.4, -0.2) is 78.4 Å². The smallest absolute Gasteiger partial charge is 0.310 e. The topological polar surface area (TPSA) is 78.5 Å². The molecule has 1 aromatic heterocycles. The Labute approximate surface area is 253 Å². The third kappa shape index (κ3) is 7.90. The second kappa shape index (κ2) is 14.0. The molecule has 7 nitrogen and oxygen atoms in total. The second-order valence-electron chi connectivity index (χ2n) is 10.9. The molecule has 4 atom stereocenters. The Morgan fingerprint density at radius 3 is 1.98 bits per heavy atom. The molecule has 214 valence electrons. The molecule has 9 heteroatoms. The number of rotatable bonds is 7. The van der Waals surface area contributed by atoms with Crippen LogP contribution in [0.4, 0.5) is 0 Å². The van der Waals surface area contributed by atoms with Crippen LogP contribution in [0.2, 0.25) is 0 Å². The van der Waals surface area contributed by atoms with Gasteiger partial charge in [-0.1, -0.05) is 56.1 Å². The molecule has 0 bridgehead atoms. The van der Waals surface area contributed by atoms with Gasteiger partial charge < -0.3 is 19.5 Å². The van der Waals surface area contributed by atoms with Crippen LogP contribution in [0.5, 0.6) is 0 Å². The van der Waals surface area contributed by atoms with Crippen molar-refractivity contribution in [2.24, 2.45) is 5.92 Å². The molecule has 3 heterocycles. The van der Waals surface area contributed by atoms with Crippen molar-refractivity contribution in [3.63, 3.8) is 0 Å². The van der Waals surface area contributed by atoms with Gasteiger partial charge in [0.05, 0.1) is 18.9 Å². The Morgan fingerprint density at radius 2 is 1.40 bits per heavy atom. The summed E-state index contributed by atoms with van der Waals surface area (Å²) >= 11 is 6.93. The van der Waals surface area contributed by atoms with Crippen molar-refractivity contribution in [3.05, 3.63) is 86.3 Å². The van der Waals surface area contributed by atoms with Crippen molar-refractivity contribution >= 4 is 43.6 Å². The first-order valence-corrected chi connectivity index (χ1v) is 15.3. The SMILES string of the molecule is CC(=O)Cc1ncc([C@H]2CN(C)C[C@@H]2c2ccc(Br)cc2)[nH]1.CCOC(=O)[C@H]1CN(C)C[C@@H]1c1ccc(Br)cc1. The Balaban J connectivity index is 0.000000189. The van der Waals surface area contributed by atoms with Gasteiger partial charge in [-0.05, 0) is 63.3 Å². The van der Waals surface area contributed by atoms with E-state index in [-0.39, 0.29) is 23.6 Å². The summed E-state index contributed by atoms with van der Waals surface area (Å²) in [5.74, 6) is 1.86. The molecule has 2 aromatic carbocycles. The van der Waals surface area contributed by atoms with E-state index in [1.54, 1.807) is 6.92 Å². The predicted molar refractivity (Wildman–Crippen MR) is 165 cm³/mol. The number of aromatic nitrogens is 2. The molecule has 0 radical (unpaired) electrons. The van der Waals surface area contributed by atoms with Crippen LogP contribution >= 0.6 is 31.9 Å². The number of esters is 1.